The molecule has 0 unspecified atom stereocenters. The summed E-state index contributed by atoms with van der Waals surface area (Å²) < 4.78 is 39.8. The molecule has 0 spiro atoms. The lowest BCUT2D eigenvalue weighted by Gasteiger charge is -2.15. The Kier molecular flexibility index (Phi) is 4.32. The van der Waals surface area contributed by atoms with Crippen molar-refractivity contribution in [3.63, 3.8) is 0 Å². The maximum atomic E-state index is 13.1. The number of alkyl halides is 3. The monoisotopic (exact) mass is 416 g/mol. The van der Waals surface area contributed by atoms with Gasteiger partial charge in [0.05, 0.1) is 5.56 Å². The molecule has 6 heteroatoms. The van der Waals surface area contributed by atoms with Crippen LogP contribution in [0, 0.1) is 3.57 Å². The highest BCUT2D eigenvalue weighted by atomic mass is 127. The van der Waals surface area contributed by atoms with Crippen molar-refractivity contribution in [1.82, 2.24) is 0 Å². The second-order valence-electron chi connectivity index (χ2n) is 3.78. The van der Waals surface area contributed by atoms with Gasteiger partial charge in [0.2, 0.25) is 0 Å². The highest BCUT2D eigenvalue weighted by molar-refractivity contribution is 14.1. The molecule has 0 saturated carbocycles. The van der Waals surface area contributed by atoms with Crippen LogP contribution in [0.1, 0.15) is 5.56 Å². The molecule has 0 heterocycles. The standard InChI is InChI=1S/C13H6Cl2F3I/c14-10-2-1-3-11(15)12(10)8-5-4-7(19)6-9(8)13(16,17)18/h1-6H. The summed E-state index contributed by atoms with van der Waals surface area (Å²) in [6, 6.07) is 8.67. The maximum Gasteiger partial charge on any atom is 0.417 e. The van der Waals surface area contributed by atoms with Gasteiger partial charge in [0.1, 0.15) is 0 Å². The van der Waals surface area contributed by atoms with Crippen LogP contribution in [-0.4, -0.2) is 0 Å². The number of rotatable bonds is 1. The summed E-state index contributed by atoms with van der Waals surface area (Å²) in [4.78, 5) is 0. The quantitative estimate of drug-likeness (QED) is 0.479. The Morgan fingerprint density at radius 1 is 0.947 bits per heavy atom. The summed E-state index contributed by atoms with van der Waals surface area (Å²) >= 11 is 13.8. The minimum absolute atomic E-state index is 0.0106. The Morgan fingerprint density at radius 3 is 2.05 bits per heavy atom. The first-order valence-electron chi connectivity index (χ1n) is 5.12. The van der Waals surface area contributed by atoms with Crippen LogP contribution in [0.5, 0.6) is 0 Å². The zero-order valence-corrected chi connectivity index (χ0v) is 12.9. The van der Waals surface area contributed by atoms with E-state index in [2.05, 4.69) is 0 Å². The summed E-state index contributed by atoms with van der Waals surface area (Å²) in [5.41, 5.74) is -0.549. The van der Waals surface area contributed by atoms with Crippen molar-refractivity contribution in [3.8, 4) is 11.1 Å². The lowest BCUT2D eigenvalue weighted by Crippen LogP contribution is -2.08. The molecular weight excluding hydrogens is 411 g/mol. The second kappa shape index (κ2) is 5.50. The normalized spacial score (nSPS) is 11.7. The predicted octanol–water partition coefficient (Wildman–Crippen LogP) is 6.28. The van der Waals surface area contributed by atoms with E-state index in [4.69, 9.17) is 23.2 Å². The van der Waals surface area contributed by atoms with Crippen molar-refractivity contribution in [2.75, 3.05) is 0 Å². The Labute approximate surface area is 131 Å². The maximum absolute atomic E-state index is 13.1. The van der Waals surface area contributed by atoms with Crippen molar-refractivity contribution < 1.29 is 13.2 Å². The lowest BCUT2D eigenvalue weighted by molar-refractivity contribution is -0.137. The first-order chi connectivity index (χ1) is 8.80. The molecular formula is C13H6Cl2F3I. The Morgan fingerprint density at radius 2 is 1.53 bits per heavy atom. The van der Waals surface area contributed by atoms with Gasteiger partial charge in [-0.15, -0.1) is 0 Å². The topological polar surface area (TPSA) is 0 Å². The Bertz CT molecular complexity index is 604. The van der Waals surface area contributed by atoms with Gasteiger partial charge in [-0.3, -0.25) is 0 Å². The predicted molar refractivity (Wildman–Crippen MR) is 79.6 cm³/mol. The van der Waals surface area contributed by atoms with Gasteiger partial charge in [0.15, 0.2) is 0 Å². The number of benzene rings is 2. The van der Waals surface area contributed by atoms with E-state index in [9.17, 15) is 13.2 Å². The van der Waals surface area contributed by atoms with Crippen LogP contribution < -0.4 is 0 Å². The largest absolute Gasteiger partial charge is 0.417 e. The molecule has 2 aromatic carbocycles. The van der Waals surface area contributed by atoms with E-state index >= 15 is 0 Å². The smallest absolute Gasteiger partial charge is 0.166 e. The van der Waals surface area contributed by atoms with Crippen LogP contribution in [0.25, 0.3) is 11.1 Å². The van der Waals surface area contributed by atoms with Crippen molar-refractivity contribution >= 4 is 45.8 Å². The van der Waals surface area contributed by atoms with Crippen LogP contribution in [-0.2, 0) is 6.18 Å². The second-order valence-corrected chi connectivity index (χ2v) is 5.84. The number of halogens is 6. The zero-order chi connectivity index (χ0) is 14.2. The molecule has 0 fully saturated rings. The molecule has 2 aromatic rings. The summed E-state index contributed by atoms with van der Waals surface area (Å²) in [6.45, 7) is 0. The highest BCUT2D eigenvalue weighted by Crippen LogP contribution is 2.42. The molecule has 0 aromatic heterocycles. The van der Waals surface area contributed by atoms with Gasteiger partial charge in [0, 0.05) is 19.2 Å². The lowest BCUT2D eigenvalue weighted by atomic mass is 9.99. The molecule has 19 heavy (non-hydrogen) atoms. The van der Waals surface area contributed by atoms with Crippen LogP contribution in [0.3, 0.4) is 0 Å². The highest BCUT2D eigenvalue weighted by Gasteiger charge is 2.34. The fourth-order valence-corrected chi connectivity index (χ4v) is 2.82. The van der Waals surface area contributed by atoms with Crippen LogP contribution >= 0.6 is 45.8 Å². The fourth-order valence-electron chi connectivity index (χ4n) is 1.72. The molecule has 0 nitrogen and oxygen atoms in total. The number of hydrogen-bond acceptors (Lipinski definition) is 0. The molecule has 0 atom stereocenters. The summed E-state index contributed by atoms with van der Waals surface area (Å²) in [7, 11) is 0. The zero-order valence-electron chi connectivity index (χ0n) is 9.23. The SMILES string of the molecule is FC(F)(F)c1cc(I)ccc1-c1c(Cl)cccc1Cl. The Balaban J connectivity index is 2.76. The minimum Gasteiger partial charge on any atom is -0.166 e. The van der Waals surface area contributed by atoms with Crippen molar-refractivity contribution in [2.24, 2.45) is 0 Å². The van der Waals surface area contributed by atoms with E-state index in [1.54, 1.807) is 12.1 Å². The van der Waals surface area contributed by atoms with Gasteiger partial charge in [-0.2, -0.15) is 13.2 Å². The molecule has 0 radical (unpaired) electrons. The third-order valence-corrected chi connectivity index (χ3v) is 3.82. The third-order valence-electron chi connectivity index (χ3n) is 2.52. The van der Waals surface area contributed by atoms with E-state index < -0.39 is 11.7 Å². The van der Waals surface area contributed by atoms with Gasteiger partial charge in [-0.25, -0.2) is 0 Å². The average molecular weight is 417 g/mol. The molecule has 0 aliphatic carbocycles. The Hall–Kier alpha value is -0.460. The summed E-state index contributed by atoms with van der Waals surface area (Å²) in [6.07, 6.45) is -4.46. The average Bonchev–Trinajstić information content (AvgIpc) is 2.29. The summed E-state index contributed by atoms with van der Waals surface area (Å²) in [5.74, 6) is 0. The van der Waals surface area contributed by atoms with Crippen molar-refractivity contribution in [2.45, 2.75) is 6.18 Å². The molecule has 0 amide bonds. The third kappa shape index (κ3) is 3.17. The van der Waals surface area contributed by atoms with Crippen LogP contribution in [0.4, 0.5) is 13.2 Å². The van der Waals surface area contributed by atoms with E-state index in [1.165, 1.54) is 18.2 Å². The van der Waals surface area contributed by atoms with E-state index in [1.807, 2.05) is 22.6 Å². The van der Waals surface area contributed by atoms with Gasteiger partial charge in [-0.1, -0.05) is 35.3 Å². The van der Waals surface area contributed by atoms with Crippen molar-refractivity contribution in [3.05, 3.63) is 55.6 Å². The van der Waals surface area contributed by atoms with Crippen LogP contribution in [0.2, 0.25) is 10.0 Å². The number of hydrogen-bond donors (Lipinski definition) is 0. The van der Waals surface area contributed by atoms with Crippen molar-refractivity contribution in [1.29, 1.82) is 0 Å². The van der Waals surface area contributed by atoms with E-state index in [0.29, 0.717) is 3.57 Å². The summed E-state index contributed by atoms with van der Waals surface area (Å²) in [5, 5.41) is 0.387. The van der Waals surface area contributed by atoms with Gasteiger partial charge < -0.3 is 0 Å². The molecule has 100 valence electrons. The first kappa shape index (κ1) is 14.9. The molecule has 0 bridgehead atoms. The van der Waals surface area contributed by atoms with E-state index in [0.717, 1.165) is 6.07 Å². The molecule has 0 N–H and O–H groups in total. The molecule has 0 aliphatic rings. The van der Waals surface area contributed by atoms with Gasteiger partial charge in [-0.05, 0) is 52.4 Å². The molecule has 0 saturated heterocycles. The van der Waals surface area contributed by atoms with Gasteiger partial charge in [0.25, 0.3) is 0 Å². The van der Waals surface area contributed by atoms with Gasteiger partial charge >= 0.3 is 6.18 Å². The molecule has 2 rings (SSSR count). The molecule has 0 aliphatic heterocycles. The first-order valence-corrected chi connectivity index (χ1v) is 6.95. The van der Waals surface area contributed by atoms with Crippen LogP contribution in [0.15, 0.2) is 36.4 Å². The van der Waals surface area contributed by atoms with E-state index in [-0.39, 0.29) is 21.2 Å². The fraction of sp³-hybridized carbons (Fsp3) is 0.0769. The minimum atomic E-state index is -4.46.